The van der Waals surface area contributed by atoms with E-state index in [9.17, 15) is 9.59 Å². The van der Waals surface area contributed by atoms with Crippen LogP contribution in [0.4, 0.5) is 0 Å². The predicted octanol–water partition coefficient (Wildman–Crippen LogP) is 5.35. The van der Waals surface area contributed by atoms with Crippen molar-refractivity contribution >= 4 is 23.6 Å². The zero-order valence-electron chi connectivity index (χ0n) is 20.7. The Hall–Kier alpha value is -4.81. The molecule has 2 amide bonds. The van der Waals surface area contributed by atoms with Gasteiger partial charge in [-0.1, -0.05) is 84.9 Å². The van der Waals surface area contributed by atoms with Crippen LogP contribution < -0.4 is 10.9 Å². The number of hydrazone groups is 1. The molecule has 0 fully saturated rings. The summed E-state index contributed by atoms with van der Waals surface area (Å²) in [4.78, 5) is 24.4. The molecule has 6 heteroatoms. The van der Waals surface area contributed by atoms with Crippen molar-refractivity contribution in [1.29, 1.82) is 0 Å². The van der Waals surface area contributed by atoms with Crippen LogP contribution in [0.2, 0.25) is 0 Å². The molecule has 0 bridgehead atoms. The van der Waals surface area contributed by atoms with Crippen LogP contribution in [0.15, 0.2) is 108 Å². The number of hydroxylamine groups is 1. The molecule has 0 saturated heterocycles. The van der Waals surface area contributed by atoms with E-state index in [-0.39, 0.29) is 5.91 Å². The molecule has 1 aliphatic rings. The van der Waals surface area contributed by atoms with Crippen molar-refractivity contribution in [1.82, 2.24) is 10.9 Å². The largest absolute Gasteiger partial charge is 0.288 e. The highest BCUT2D eigenvalue weighted by molar-refractivity contribution is 6.05. The van der Waals surface area contributed by atoms with Crippen LogP contribution in [0.1, 0.15) is 38.2 Å². The second-order valence-electron chi connectivity index (χ2n) is 9.08. The summed E-state index contributed by atoms with van der Waals surface area (Å²) in [5, 5.41) is 13.3. The molecule has 1 aliphatic carbocycles. The first kappa shape index (κ1) is 24.9. The number of rotatable bonds is 4. The Labute approximate surface area is 221 Å². The standard InChI is InChI=1S/C32H27N3O3/c36-31(35-38)19-16-22-8-7-12-26(20-22)32(37)34-33-30-21-25-11-3-5-14-28(25)27-13-4-1-9-23(27)17-18-24-10-2-6-15-29(24)30/h1-16,19-20,38H,17-18,21H2,(H,34,37)(H,35,36). The number of amides is 2. The molecule has 0 spiro atoms. The number of hydrogen-bond acceptors (Lipinski definition) is 4. The number of carbonyl (C=O) groups excluding carboxylic acids is 2. The number of aryl methyl sites for hydroxylation is 2. The molecule has 188 valence electrons. The minimum absolute atomic E-state index is 0.354. The van der Waals surface area contributed by atoms with Crippen molar-refractivity contribution in [3.8, 4) is 11.1 Å². The van der Waals surface area contributed by atoms with E-state index in [4.69, 9.17) is 5.21 Å². The highest BCUT2D eigenvalue weighted by atomic mass is 16.5. The molecular weight excluding hydrogens is 474 g/mol. The minimum atomic E-state index is -0.649. The van der Waals surface area contributed by atoms with Gasteiger partial charge in [0, 0.05) is 23.6 Å². The Morgan fingerprint density at radius 1 is 0.737 bits per heavy atom. The fourth-order valence-electron chi connectivity index (χ4n) is 4.78. The van der Waals surface area contributed by atoms with Crippen LogP contribution in [0.25, 0.3) is 17.2 Å². The summed E-state index contributed by atoms with van der Waals surface area (Å²) in [6.07, 6.45) is 5.01. The van der Waals surface area contributed by atoms with Gasteiger partial charge in [-0.15, -0.1) is 0 Å². The summed E-state index contributed by atoms with van der Waals surface area (Å²) in [6, 6.07) is 31.9. The average Bonchev–Trinajstić information content (AvgIpc) is 2.97. The van der Waals surface area contributed by atoms with E-state index in [0.717, 1.165) is 29.7 Å². The lowest BCUT2D eigenvalue weighted by atomic mass is 9.86. The van der Waals surface area contributed by atoms with Crippen molar-refractivity contribution in [3.63, 3.8) is 0 Å². The van der Waals surface area contributed by atoms with Crippen molar-refractivity contribution in [2.24, 2.45) is 5.10 Å². The predicted molar refractivity (Wildman–Crippen MR) is 149 cm³/mol. The Morgan fingerprint density at radius 3 is 2.05 bits per heavy atom. The molecule has 0 atom stereocenters. The lowest BCUT2D eigenvalue weighted by Crippen LogP contribution is -2.22. The van der Waals surface area contributed by atoms with Crippen LogP contribution in [-0.4, -0.2) is 22.7 Å². The summed E-state index contributed by atoms with van der Waals surface area (Å²) in [5.41, 5.74) is 13.2. The van der Waals surface area contributed by atoms with Crippen LogP contribution in [-0.2, 0) is 24.1 Å². The molecule has 3 N–H and O–H groups in total. The van der Waals surface area contributed by atoms with Gasteiger partial charge in [0.1, 0.15) is 0 Å². The van der Waals surface area contributed by atoms with Crippen LogP contribution in [0.3, 0.4) is 0 Å². The van der Waals surface area contributed by atoms with Crippen LogP contribution in [0, 0.1) is 0 Å². The van der Waals surface area contributed by atoms with E-state index in [1.165, 1.54) is 34.4 Å². The monoisotopic (exact) mass is 501 g/mol. The first-order chi connectivity index (χ1) is 18.6. The Morgan fingerprint density at radius 2 is 1.34 bits per heavy atom. The van der Waals surface area contributed by atoms with Crippen molar-refractivity contribution in [3.05, 3.63) is 137 Å². The molecule has 0 radical (unpaired) electrons. The third-order valence-corrected chi connectivity index (χ3v) is 6.65. The van der Waals surface area contributed by atoms with E-state index in [1.807, 2.05) is 18.2 Å². The molecule has 0 aromatic heterocycles. The quantitative estimate of drug-likeness (QED) is 0.200. The van der Waals surface area contributed by atoms with Gasteiger partial charge >= 0.3 is 0 Å². The van der Waals surface area contributed by atoms with Crippen molar-refractivity contribution < 1.29 is 14.8 Å². The van der Waals surface area contributed by atoms with Gasteiger partial charge in [0.25, 0.3) is 11.8 Å². The number of hydrogen-bond donors (Lipinski definition) is 3. The zero-order chi connectivity index (χ0) is 26.3. The Balaban J connectivity index is 1.50. The molecule has 6 nitrogen and oxygen atoms in total. The van der Waals surface area contributed by atoms with Gasteiger partial charge in [-0.05, 0) is 64.4 Å². The van der Waals surface area contributed by atoms with Gasteiger partial charge < -0.3 is 0 Å². The molecule has 38 heavy (non-hydrogen) atoms. The Bertz CT molecular complexity index is 1560. The summed E-state index contributed by atoms with van der Waals surface area (Å²) in [7, 11) is 0. The number of benzene rings is 4. The fraction of sp³-hybridized carbons (Fsp3) is 0.0938. The molecule has 4 aromatic carbocycles. The zero-order valence-corrected chi connectivity index (χ0v) is 20.7. The maximum Gasteiger partial charge on any atom is 0.271 e. The number of carbonyl (C=O) groups is 2. The van der Waals surface area contributed by atoms with E-state index in [0.29, 0.717) is 17.5 Å². The van der Waals surface area contributed by atoms with E-state index in [2.05, 4.69) is 65.1 Å². The van der Waals surface area contributed by atoms with Gasteiger partial charge in [-0.25, -0.2) is 10.9 Å². The highest BCUT2D eigenvalue weighted by Crippen LogP contribution is 2.31. The number of fused-ring (bicyclic) bond motifs is 4. The molecule has 0 saturated carbocycles. The van der Waals surface area contributed by atoms with Gasteiger partial charge in [0.05, 0.1) is 5.71 Å². The lowest BCUT2D eigenvalue weighted by molar-refractivity contribution is -0.124. The third kappa shape index (κ3) is 5.61. The molecular formula is C32H27N3O3. The summed E-state index contributed by atoms with van der Waals surface area (Å²) < 4.78 is 0. The van der Waals surface area contributed by atoms with Gasteiger partial charge in [0.2, 0.25) is 0 Å². The summed E-state index contributed by atoms with van der Waals surface area (Å²) in [5.74, 6) is -1.00. The van der Waals surface area contributed by atoms with Crippen LogP contribution >= 0.6 is 0 Å². The molecule has 0 aliphatic heterocycles. The van der Waals surface area contributed by atoms with Crippen LogP contribution in [0.5, 0.6) is 0 Å². The number of nitrogens with one attached hydrogen (secondary N) is 2. The second-order valence-corrected chi connectivity index (χ2v) is 9.08. The third-order valence-electron chi connectivity index (χ3n) is 6.65. The smallest absolute Gasteiger partial charge is 0.271 e. The summed E-state index contributed by atoms with van der Waals surface area (Å²) in [6.45, 7) is 0. The van der Waals surface area contributed by atoms with Crippen molar-refractivity contribution in [2.75, 3.05) is 0 Å². The van der Waals surface area contributed by atoms with Gasteiger partial charge in [-0.2, -0.15) is 5.10 Å². The first-order valence-corrected chi connectivity index (χ1v) is 12.5. The minimum Gasteiger partial charge on any atom is -0.288 e. The summed E-state index contributed by atoms with van der Waals surface area (Å²) >= 11 is 0. The average molecular weight is 502 g/mol. The van der Waals surface area contributed by atoms with E-state index < -0.39 is 5.91 Å². The highest BCUT2D eigenvalue weighted by Gasteiger charge is 2.18. The normalized spacial score (nSPS) is 13.8. The molecule has 0 unspecified atom stereocenters. The Kier molecular flexibility index (Phi) is 7.52. The second kappa shape index (κ2) is 11.5. The first-order valence-electron chi connectivity index (χ1n) is 12.5. The van der Waals surface area contributed by atoms with E-state index in [1.54, 1.807) is 29.7 Å². The number of nitrogens with zero attached hydrogens (tertiary/aromatic N) is 1. The maximum atomic E-state index is 13.1. The van der Waals surface area contributed by atoms with E-state index >= 15 is 0 Å². The molecule has 5 rings (SSSR count). The fourth-order valence-corrected chi connectivity index (χ4v) is 4.78. The SMILES string of the molecule is O=C(C=Cc1cccc(C(=O)NN=C2Cc3ccccc3-c3ccccc3CCc3ccccc32)c1)NO. The topological polar surface area (TPSA) is 90.8 Å². The maximum absolute atomic E-state index is 13.1. The van der Waals surface area contributed by atoms with Crippen molar-refractivity contribution in [2.45, 2.75) is 19.3 Å². The molecule has 0 heterocycles. The lowest BCUT2D eigenvalue weighted by Gasteiger charge is -2.19. The van der Waals surface area contributed by atoms with Gasteiger partial charge in [-0.3, -0.25) is 14.8 Å². The molecule has 4 aromatic rings. The van der Waals surface area contributed by atoms with Gasteiger partial charge in [0.15, 0.2) is 0 Å².